The molecule has 1 atom stereocenters. The molecule has 5 heteroatoms. The van der Waals surface area contributed by atoms with Crippen molar-refractivity contribution in [2.45, 2.75) is 51.0 Å². The lowest BCUT2D eigenvalue weighted by Gasteiger charge is -2.28. The molecule has 0 saturated heterocycles. The number of carboxylic acid groups (broad SMARTS) is 1. The molecule has 1 amide bonds. The van der Waals surface area contributed by atoms with E-state index >= 15 is 0 Å². The summed E-state index contributed by atoms with van der Waals surface area (Å²) in [6, 6.07) is -0.685. The van der Waals surface area contributed by atoms with Gasteiger partial charge >= 0.3 is 5.97 Å². The lowest BCUT2D eigenvalue weighted by atomic mass is 9.89. The molecule has 1 fully saturated rings. The standard InChI is InChI=1S/C13H24N2O3/c1-15(9-10-5-3-2-4-6-10)13(18)11(14)7-8-12(16)17/h10-11H,2-9,14H2,1H3,(H,16,17). The van der Waals surface area contributed by atoms with Crippen LogP contribution in [0.3, 0.4) is 0 Å². The SMILES string of the molecule is CN(CC1CCCCC1)C(=O)C(N)CCC(=O)O. The minimum atomic E-state index is -0.909. The van der Waals surface area contributed by atoms with Crippen molar-refractivity contribution in [1.29, 1.82) is 0 Å². The molecule has 0 spiro atoms. The van der Waals surface area contributed by atoms with Crippen LogP contribution < -0.4 is 5.73 Å². The molecule has 18 heavy (non-hydrogen) atoms. The van der Waals surface area contributed by atoms with Gasteiger partial charge in [0.05, 0.1) is 6.04 Å². The first-order valence-electron chi connectivity index (χ1n) is 6.73. The van der Waals surface area contributed by atoms with E-state index in [4.69, 9.17) is 10.8 Å². The van der Waals surface area contributed by atoms with E-state index in [0.29, 0.717) is 5.92 Å². The van der Waals surface area contributed by atoms with Gasteiger partial charge in [-0.2, -0.15) is 0 Å². The van der Waals surface area contributed by atoms with Gasteiger partial charge in [-0.25, -0.2) is 0 Å². The van der Waals surface area contributed by atoms with Gasteiger partial charge in [-0.15, -0.1) is 0 Å². The topological polar surface area (TPSA) is 83.6 Å². The second-order valence-electron chi connectivity index (χ2n) is 5.26. The smallest absolute Gasteiger partial charge is 0.303 e. The fourth-order valence-corrected chi connectivity index (χ4v) is 2.53. The van der Waals surface area contributed by atoms with Crippen LogP contribution in [-0.2, 0) is 9.59 Å². The Labute approximate surface area is 108 Å². The van der Waals surface area contributed by atoms with Crippen molar-refractivity contribution in [3.8, 4) is 0 Å². The highest BCUT2D eigenvalue weighted by Crippen LogP contribution is 2.24. The second kappa shape index (κ2) is 7.36. The Balaban J connectivity index is 2.32. The summed E-state index contributed by atoms with van der Waals surface area (Å²) in [6.45, 7) is 0.750. The van der Waals surface area contributed by atoms with Crippen molar-refractivity contribution in [2.75, 3.05) is 13.6 Å². The van der Waals surface area contributed by atoms with Crippen molar-refractivity contribution >= 4 is 11.9 Å². The first-order valence-corrected chi connectivity index (χ1v) is 6.73. The van der Waals surface area contributed by atoms with Crippen LogP contribution in [0.15, 0.2) is 0 Å². The Kier molecular flexibility index (Phi) is 6.12. The molecule has 1 unspecified atom stereocenters. The van der Waals surface area contributed by atoms with Crippen LogP contribution >= 0.6 is 0 Å². The van der Waals surface area contributed by atoms with Crippen molar-refractivity contribution < 1.29 is 14.7 Å². The molecule has 1 rings (SSSR count). The highest BCUT2D eigenvalue weighted by molar-refractivity contribution is 5.82. The summed E-state index contributed by atoms with van der Waals surface area (Å²) in [5, 5.41) is 8.56. The quantitative estimate of drug-likeness (QED) is 0.748. The van der Waals surface area contributed by atoms with Crippen LogP contribution in [0.4, 0.5) is 0 Å². The molecule has 0 aliphatic heterocycles. The normalized spacial score (nSPS) is 18.3. The van der Waals surface area contributed by atoms with Gasteiger partial charge in [0.25, 0.3) is 0 Å². The Morgan fingerprint density at radius 2 is 1.94 bits per heavy atom. The van der Waals surface area contributed by atoms with Gasteiger partial charge in [-0.1, -0.05) is 19.3 Å². The summed E-state index contributed by atoms with van der Waals surface area (Å²) in [5.74, 6) is -0.464. The van der Waals surface area contributed by atoms with Crippen molar-refractivity contribution in [2.24, 2.45) is 11.7 Å². The fourth-order valence-electron chi connectivity index (χ4n) is 2.53. The molecule has 0 aromatic carbocycles. The summed E-state index contributed by atoms with van der Waals surface area (Å²) in [7, 11) is 1.76. The molecule has 1 aliphatic carbocycles. The van der Waals surface area contributed by atoms with Crippen molar-refractivity contribution in [3.05, 3.63) is 0 Å². The molecular weight excluding hydrogens is 232 g/mol. The molecule has 3 N–H and O–H groups in total. The Morgan fingerprint density at radius 3 is 2.50 bits per heavy atom. The average Bonchev–Trinajstić information content (AvgIpc) is 2.36. The lowest BCUT2D eigenvalue weighted by Crippen LogP contribution is -2.44. The Bertz CT molecular complexity index is 288. The predicted molar refractivity (Wildman–Crippen MR) is 69.1 cm³/mol. The number of hydrogen-bond donors (Lipinski definition) is 2. The van der Waals surface area contributed by atoms with Crippen LogP contribution in [0.25, 0.3) is 0 Å². The van der Waals surface area contributed by atoms with E-state index in [1.807, 2.05) is 0 Å². The van der Waals surface area contributed by atoms with E-state index in [1.165, 1.54) is 32.1 Å². The van der Waals surface area contributed by atoms with Gasteiger partial charge < -0.3 is 15.7 Å². The number of nitrogens with zero attached hydrogens (tertiary/aromatic N) is 1. The lowest BCUT2D eigenvalue weighted by molar-refractivity contribution is -0.137. The predicted octanol–water partition coefficient (Wildman–Crippen LogP) is 1.22. The number of nitrogens with two attached hydrogens (primary N) is 1. The molecule has 0 aromatic rings. The number of likely N-dealkylation sites (N-methyl/N-ethyl adjacent to an activating group) is 1. The molecule has 5 nitrogen and oxygen atoms in total. The number of amides is 1. The van der Waals surface area contributed by atoms with Crippen LogP contribution in [0, 0.1) is 5.92 Å². The van der Waals surface area contributed by atoms with E-state index in [1.54, 1.807) is 11.9 Å². The minimum absolute atomic E-state index is 0.0514. The number of carbonyl (C=O) groups excluding carboxylic acids is 1. The number of hydrogen-bond acceptors (Lipinski definition) is 3. The molecule has 0 radical (unpaired) electrons. The van der Waals surface area contributed by atoms with E-state index < -0.39 is 12.0 Å². The first-order chi connectivity index (χ1) is 8.50. The number of aliphatic carboxylic acids is 1. The minimum Gasteiger partial charge on any atom is -0.481 e. The second-order valence-corrected chi connectivity index (χ2v) is 5.26. The summed E-state index contributed by atoms with van der Waals surface area (Å²) in [6.07, 6.45) is 6.32. The largest absolute Gasteiger partial charge is 0.481 e. The summed E-state index contributed by atoms with van der Waals surface area (Å²) >= 11 is 0. The maximum atomic E-state index is 11.9. The summed E-state index contributed by atoms with van der Waals surface area (Å²) in [5.41, 5.74) is 5.72. The van der Waals surface area contributed by atoms with E-state index in [0.717, 1.165) is 6.54 Å². The zero-order valence-corrected chi connectivity index (χ0v) is 11.1. The van der Waals surface area contributed by atoms with Crippen molar-refractivity contribution in [3.63, 3.8) is 0 Å². The zero-order valence-electron chi connectivity index (χ0n) is 11.1. The maximum Gasteiger partial charge on any atom is 0.303 e. The maximum absolute atomic E-state index is 11.9. The Morgan fingerprint density at radius 1 is 1.33 bits per heavy atom. The third kappa shape index (κ3) is 5.04. The molecule has 0 bridgehead atoms. The Hall–Kier alpha value is -1.10. The number of carbonyl (C=O) groups is 2. The van der Waals surface area contributed by atoms with E-state index in [2.05, 4.69) is 0 Å². The third-order valence-electron chi connectivity index (χ3n) is 3.62. The highest BCUT2D eigenvalue weighted by atomic mass is 16.4. The van der Waals surface area contributed by atoms with Gasteiger partial charge in [0.15, 0.2) is 0 Å². The molecule has 1 saturated carbocycles. The summed E-state index contributed by atoms with van der Waals surface area (Å²) in [4.78, 5) is 24.0. The molecule has 104 valence electrons. The molecule has 0 aromatic heterocycles. The number of rotatable bonds is 6. The molecule has 0 heterocycles. The summed E-state index contributed by atoms with van der Waals surface area (Å²) < 4.78 is 0. The average molecular weight is 256 g/mol. The van der Waals surface area contributed by atoms with Gasteiger partial charge in [-0.05, 0) is 25.2 Å². The van der Waals surface area contributed by atoms with E-state index in [9.17, 15) is 9.59 Å². The highest BCUT2D eigenvalue weighted by Gasteiger charge is 2.22. The number of carboxylic acids is 1. The third-order valence-corrected chi connectivity index (χ3v) is 3.62. The van der Waals surface area contributed by atoms with Crippen molar-refractivity contribution in [1.82, 2.24) is 4.90 Å². The first kappa shape index (κ1) is 15.0. The van der Waals surface area contributed by atoms with E-state index in [-0.39, 0.29) is 18.7 Å². The van der Waals surface area contributed by atoms with Crippen LogP contribution in [0.2, 0.25) is 0 Å². The molecule has 1 aliphatic rings. The van der Waals surface area contributed by atoms with Gasteiger partial charge in [0.1, 0.15) is 0 Å². The zero-order chi connectivity index (χ0) is 13.5. The van der Waals surface area contributed by atoms with Crippen LogP contribution in [0.5, 0.6) is 0 Å². The van der Waals surface area contributed by atoms with Gasteiger partial charge in [-0.3, -0.25) is 9.59 Å². The molecular formula is C13H24N2O3. The van der Waals surface area contributed by atoms with Crippen LogP contribution in [-0.4, -0.2) is 41.5 Å². The fraction of sp³-hybridized carbons (Fsp3) is 0.846. The van der Waals surface area contributed by atoms with Crippen LogP contribution in [0.1, 0.15) is 44.9 Å². The monoisotopic (exact) mass is 256 g/mol. The van der Waals surface area contributed by atoms with Gasteiger partial charge in [0, 0.05) is 20.0 Å². The van der Waals surface area contributed by atoms with Gasteiger partial charge in [0.2, 0.25) is 5.91 Å².